The Hall–Kier alpha value is -4.57. The lowest BCUT2D eigenvalue weighted by molar-refractivity contribution is -0.192. The fourth-order valence-electron chi connectivity index (χ4n) is 3.58. The quantitative estimate of drug-likeness (QED) is 0.234. The summed E-state index contributed by atoms with van der Waals surface area (Å²) in [7, 11) is -4.34. The molecular formula is C26H26F3N3O9S. The van der Waals surface area contributed by atoms with Crippen LogP contribution in [0.4, 0.5) is 18.9 Å². The Bertz CT molecular complexity index is 1560. The van der Waals surface area contributed by atoms with Crippen LogP contribution in [0.25, 0.3) is 10.8 Å². The number of aliphatic carboxylic acids is 2. The van der Waals surface area contributed by atoms with Gasteiger partial charge in [0.1, 0.15) is 23.0 Å². The lowest BCUT2D eigenvalue weighted by Crippen LogP contribution is -2.37. The van der Waals surface area contributed by atoms with E-state index in [1.165, 1.54) is 25.1 Å². The van der Waals surface area contributed by atoms with Crippen molar-refractivity contribution in [2.75, 3.05) is 5.32 Å². The second-order valence-corrected chi connectivity index (χ2v) is 10.4. The number of amides is 1. The number of anilines is 1. The highest BCUT2D eigenvalue weighted by molar-refractivity contribution is 7.89. The molecule has 0 aliphatic carbocycles. The van der Waals surface area contributed by atoms with E-state index in [1.54, 1.807) is 19.3 Å². The largest absolute Gasteiger partial charge is 0.490 e. The molecule has 0 saturated heterocycles. The van der Waals surface area contributed by atoms with E-state index in [0.29, 0.717) is 12.1 Å². The van der Waals surface area contributed by atoms with Crippen LogP contribution in [-0.4, -0.2) is 66.1 Å². The molecule has 2 unspecified atom stereocenters. The molecule has 1 amide bonds. The van der Waals surface area contributed by atoms with Crippen LogP contribution in [0.1, 0.15) is 25.8 Å². The number of carboxylic acid groups (broad SMARTS) is 2. The second-order valence-electron chi connectivity index (χ2n) is 8.76. The van der Waals surface area contributed by atoms with Crippen molar-refractivity contribution in [3.05, 3.63) is 60.4 Å². The van der Waals surface area contributed by atoms with Crippen molar-refractivity contribution in [3.8, 4) is 5.75 Å². The average Bonchev–Trinajstić information content (AvgIpc) is 2.87. The molecule has 16 heteroatoms. The van der Waals surface area contributed by atoms with Crippen molar-refractivity contribution in [3.63, 3.8) is 0 Å². The van der Waals surface area contributed by atoms with E-state index in [2.05, 4.69) is 15.0 Å². The van der Waals surface area contributed by atoms with Gasteiger partial charge in [-0.2, -0.15) is 13.2 Å². The molecule has 0 fully saturated rings. The summed E-state index contributed by atoms with van der Waals surface area (Å²) in [6.07, 6.45) is -2.22. The van der Waals surface area contributed by atoms with Crippen molar-refractivity contribution >= 4 is 50.6 Å². The molecule has 3 rings (SSSR count). The minimum absolute atomic E-state index is 0.0654. The van der Waals surface area contributed by atoms with Crippen molar-refractivity contribution in [1.29, 1.82) is 0 Å². The molecule has 0 aliphatic rings. The van der Waals surface area contributed by atoms with Crippen molar-refractivity contribution in [1.82, 2.24) is 9.71 Å². The second kappa shape index (κ2) is 14.4. The van der Waals surface area contributed by atoms with Gasteiger partial charge >= 0.3 is 18.1 Å². The molecule has 0 aliphatic heterocycles. The Morgan fingerprint density at radius 2 is 1.74 bits per heavy atom. The van der Waals surface area contributed by atoms with Gasteiger partial charge in [-0.05, 0) is 30.0 Å². The van der Waals surface area contributed by atoms with Crippen LogP contribution in [0.15, 0.2) is 59.8 Å². The molecule has 4 N–H and O–H groups in total. The van der Waals surface area contributed by atoms with Gasteiger partial charge in [0, 0.05) is 42.9 Å². The predicted molar refractivity (Wildman–Crippen MR) is 142 cm³/mol. The van der Waals surface area contributed by atoms with Crippen LogP contribution in [0.5, 0.6) is 5.75 Å². The number of carbonyl (C=O) groups excluding carboxylic acids is 2. The summed E-state index contributed by atoms with van der Waals surface area (Å²) in [5.41, 5.74) is 1.21. The summed E-state index contributed by atoms with van der Waals surface area (Å²) in [5, 5.41) is 20.6. The summed E-state index contributed by atoms with van der Waals surface area (Å²) < 4.78 is 65.8. The minimum Gasteiger partial charge on any atom is -0.489 e. The number of alkyl halides is 3. The summed E-state index contributed by atoms with van der Waals surface area (Å²) in [5.74, 6) is -4.52. The summed E-state index contributed by atoms with van der Waals surface area (Å²) >= 11 is 0. The van der Waals surface area contributed by atoms with Gasteiger partial charge in [-0.3, -0.25) is 14.6 Å². The van der Waals surface area contributed by atoms with Crippen molar-refractivity contribution < 1.29 is 55.7 Å². The third-order valence-electron chi connectivity index (χ3n) is 5.25. The third kappa shape index (κ3) is 10.1. The van der Waals surface area contributed by atoms with Gasteiger partial charge < -0.3 is 25.1 Å². The van der Waals surface area contributed by atoms with Gasteiger partial charge in [-0.25, -0.2) is 17.9 Å². The number of nitrogens with one attached hydrogen (secondary N) is 2. The van der Waals surface area contributed by atoms with Crippen molar-refractivity contribution in [2.24, 2.45) is 0 Å². The number of carboxylic acids is 2. The fourth-order valence-corrected chi connectivity index (χ4v) is 4.87. The van der Waals surface area contributed by atoms with E-state index < -0.39 is 46.7 Å². The number of benzene rings is 2. The Balaban J connectivity index is 0.000000782. The molecule has 0 bridgehead atoms. The lowest BCUT2D eigenvalue weighted by Gasteiger charge is -2.20. The maximum atomic E-state index is 13.0. The van der Waals surface area contributed by atoms with Gasteiger partial charge in [0.25, 0.3) is 0 Å². The topological polar surface area (TPSA) is 189 Å². The van der Waals surface area contributed by atoms with Crippen molar-refractivity contribution in [2.45, 2.75) is 49.9 Å². The maximum absolute atomic E-state index is 13.0. The standard InChI is InChI=1S/C24H25N3O7S.C2HF3O2/c1-15(9-18-13-25-12-17-5-3-4-6-21(17)18)34-22-10-19(26-16(2)29)7-8-23(22)35(32,33)27-20(14-28)11-24(30)31;3-2(4,5)1(6)7/h3-8,10,12-15,20,27H,9,11H2,1-2H3,(H,26,29)(H,30,31);(H,6,7). The molecule has 2 atom stereocenters. The number of sulfonamides is 1. The first-order valence-electron chi connectivity index (χ1n) is 11.9. The zero-order chi connectivity index (χ0) is 31.7. The maximum Gasteiger partial charge on any atom is 0.490 e. The summed E-state index contributed by atoms with van der Waals surface area (Å²) in [6.45, 7) is 3.07. The molecule has 1 aromatic heterocycles. The molecule has 2 aromatic carbocycles. The number of pyridine rings is 1. The molecule has 3 aromatic rings. The summed E-state index contributed by atoms with van der Waals surface area (Å²) in [4.78, 5) is 46.5. The zero-order valence-electron chi connectivity index (χ0n) is 22.1. The number of nitrogens with zero attached hydrogens (tertiary/aromatic N) is 1. The zero-order valence-corrected chi connectivity index (χ0v) is 22.9. The number of carbonyl (C=O) groups is 4. The van der Waals surface area contributed by atoms with E-state index in [-0.39, 0.29) is 22.8 Å². The van der Waals surface area contributed by atoms with E-state index in [0.717, 1.165) is 16.3 Å². The van der Waals surface area contributed by atoms with Crippen LogP contribution in [0.3, 0.4) is 0 Å². The van der Waals surface area contributed by atoms with Crippen LogP contribution >= 0.6 is 0 Å². The van der Waals surface area contributed by atoms with E-state index in [1.807, 2.05) is 24.3 Å². The van der Waals surface area contributed by atoms with E-state index in [4.69, 9.17) is 19.7 Å². The number of hydrogen-bond acceptors (Lipinski definition) is 8. The Morgan fingerprint density at radius 1 is 1.10 bits per heavy atom. The van der Waals surface area contributed by atoms with Gasteiger partial charge in [0.2, 0.25) is 15.9 Å². The van der Waals surface area contributed by atoms with Crippen LogP contribution < -0.4 is 14.8 Å². The number of aldehydes is 1. The number of fused-ring (bicyclic) bond motifs is 1. The first kappa shape index (κ1) is 33.6. The molecule has 12 nitrogen and oxygen atoms in total. The van der Waals surface area contributed by atoms with E-state index >= 15 is 0 Å². The predicted octanol–water partition coefficient (Wildman–Crippen LogP) is 3.16. The molecule has 0 saturated carbocycles. The highest BCUT2D eigenvalue weighted by Gasteiger charge is 2.38. The number of rotatable bonds is 11. The van der Waals surface area contributed by atoms with Crippen LogP contribution in [0.2, 0.25) is 0 Å². The molecule has 0 spiro atoms. The summed E-state index contributed by atoms with van der Waals surface area (Å²) in [6, 6.07) is 10.2. The first-order chi connectivity index (χ1) is 19.5. The molecule has 226 valence electrons. The van der Waals surface area contributed by atoms with Gasteiger partial charge in [-0.1, -0.05) is 24.3 Å². The minimum atomic E-state index is -5.08. The number of halogens is 3. The molecule has 1 heterocycles. The molecule has 42 heavy (non-hydrogen) atoms. The highest BCUT2D eigenvalue weighted by atomic mass is 32.2. The average molecular weight is 614 g/mol. The van der Waals surface area contributed by atoms with Crippen LogP contribution in [-0.2, 0) is 35.6 Å². The molecular weight excluding hydrogens is 587 g/mol. The number of aromatic nitrogens is 1. The lowest BCUT2D eigenvalue weighted by atomic mass is 10.0. The normalized spacial score (nSPS) is 12.8. The Morgan fingerprint density at radius 3 is 2.31 bits per heavy atom. The third-order valence-corrected chi connectivity index (χ3v) is 6.78. The SMILES string of the molecule is CC(=O)Nc1ccc(S(=O)(=O)NC(C=O)CC(=O)O)c(OC(C)Cc2cncc3ccccc23)c1.O=C(O)C(F)(F)F. The van der Waals surface area contributed by atoms with Gasteiger partial charge in [0.15, 0.2) is 0 Å². The number of hydrogen-bond donors (Lipinski definition) is 4. The first-order valence-corrected chi connectivity index (χ1v) is 13.4. The van der Waals surface area contributed by atoms with E-state index in [9.17, 15) is 36.0 Å². The number of ether oxygens (including phenoxy) is 1. The Kier molecular flexibility index (Phi) is 11.5. The fraction of sp³-hybridized carbons (Fsp3) is 0.269. The smallest absolute Gasteiger partial charge is 0.489 e. The Labute approximate surface area is 237 Å². The van der Waals surface area contributed by atoms with Gasteiger partial charge in [0.05, 0.1) is 12.5 Å². The monoisotopic (exact) mass is 613 g/mol. The highest BCUT2D eigenvalue weighted by Crippen LogP contribution is 2.30. The molecule has 0 radical (unpaired) electrons. The van der Waals surface area contributed by atoms with Gasteiger partial charge in [-0.15, -0.1) is 0 Å². The van der Waals surface area contributed by atoms with Crippen LogP contribution in [0, 0.1) is 0 Å².